The van der Waals surface area contributed by atoms with Crippen LogP contribution < -0.4 is 9.46 Å². The number of alkyl halides is 1. The lowest BCUT2D eigenvalue weighted by Gasteiger charge is -2.28. The standard InChI is InChI=1S/C16H22F2N4O2S/c1-10(21-25(23)15(2,3)4)13-6-12(18)5-11-7-16(8-17,9-20-22-19)24-14(11)13/h5-6,10,21H,7-9H2,1-4H3/t10-,16+,25?/m1/s1. The van der Waals surface area contributed by atoms with Crippen LogP contribution in [0.1, 0.15) is 44.9 Å². The van der Waals surface area contributed by atoms with Gasteiger partial charge in [0, 0.05) is 33.8 Å². The van der Waals surface area contributed by atoms with Crippen LogP contribution in [0, 0.1) is 5.82 Å². The number of ether oxygens (including phenoxy) is 1. The Morgan fingerprint density at radius 2 is 2.20 bits per heavy atom. The van der Waals surface area contributed by atoms with Crippen LogP contribution in [-0.2, 0) is 17.8 Å². The van der Waals surface area contributed by atoms with E-state index >= 15 is 0 Å². The highest BCUT2D eigenvalue weighted by atomic mass is 32.2. The molecule has 0 amide bonds. The molecule has 0 aliphatic carbocycles. The monoisotopic (exact) mass is 372 g/mol. The molecule has 25 heavy (non-hydrogen) atoms. The highest BCUT2D eigenvalue weighted by Gasteiger charge is 2.42. The van der Waals surface area contributed by atoms with Crippen molar-refractivity contribution in [1.82, 2.24) is 4.72 Å². The summed E-state index contributed by atoms with van der Waals surface area (Å²) in [6.45, 7) is 6.16. The summed E-state index contributed by atoms with van der Waals surface area (Å²) in [5.74, 6) is -0.121. The van der Waals surface area contributed by atoms with E-state index in [0.717, 1.165) is 0 Å². The molecule has 1 heterocycles. The van der Waals surface area contributed by atoms with Crippen molar-refractivity contribution < 1.29 is 18.1 Å². The maximum absolute atomic E-state index is 14.0. The predicted molar refractivity (Wildman–Crippen MR) is 92.9 cm³/mol. The van der Waals surface area contributed by atoms with E-state index in [1.807, 2.05) is 20.8 Å². The molecule has 0 spiro atoms. The summed E-state index contributed by atoms with van der Waals surface area (Å²) in [5, 5.41) is 3.42. The van der Waals surface area contributed by atoms with Gasteiger partial charge in [0.15, 0.2) is 0 Å². The number of hydrogen-bond donors (Lipinski definition) is 1. The Morgan fingerprint density at radius 3 is 2.76 bits per heavy atom. The molecule has 138 valence electrons. The quantitative estimate of drug-likeness (QED) is 0.355. The first-order valence-corrected chi connectivity index (χ1v) is 9.03. The summed E-state index contributed by atoms with van der Waals surface area (Å²) >= 11 is -1.37. The smallest absolute Gasteiger partial charge is 0.147 e. The number of halogens is 2. The number of rotatable bonds is 6. The van der Waals surface area contributed by atoms with Gasteiger partial charge in [-0.05, 0) is 45.4 Å². The van der Waals surface area contributed by atoms with Gasteiger partial charge in [-0.15, -0.1) is 4.72 Å². The lowest BCUT2D eigenvalue weighted by molar-refractivity contribution is 0.0719. The zero-order chi connectivity index (χ0) is 18.8. The van der Waals surface area contributed by atoms with Crippen LogP contribution in [0.4, 0.5) is 8.78 Å². The third-order valence-corrected chi connectivity index (χ3v) is 5.64. The van der Waals surface area contributed by atoms with E-state index in [1.54, 1.807) is 6.92 Å². The van der Waals surface area contributed by atoms with E-state index in [2.05, 4.69) is 14.7 Å². The second-order valence-corrected chi connectivity index (χ2v) is 9.19. The first-order valence-electron chi connectivity index (χ1n) is 7.88. The van der Waals surface area contributed by atoms with Gasteiger partial charge < -0.3 is 9.29 Å². The van der Waals surface area contributed by atoms with Crippen LogP contribution in [0.5, 0.6) is 5.75 Å². The summed E-state index contributed by atoms with van der Waals surface area (Å²) in [6.07, 6.45) is 0.109. The average Bonchev–Trinajstić information content (AvgIpc) is 2.90. The van der Waals surface area contributed by atoms with E-state index in [9.17, 15) is 13.3 Å². The molecule has 0 saturated carbocycles. The number of nitrogens with zero attached hydrogens (tertiary/aromatic N) is 3. The summed E-state index contributed by atoms with van der Waals surface area (Å²) in [4.78, 5) is 2.65. The number of benzene rings is 1. The van der Waals surface area contributed by atoms with E-state index in [1.165, 1.54) is 12.1 Å². The van der Waals surface area contributed by atoms with E-state index in [-0.39, 0.29) is 13.0 Å². The Balaban J connectivity index is 2.33. The van der Waals surface area contributed by atoms with Crippen molar-refractivity contribution in [3.05, 3.63) is 39.5 Å². The van der Waals surface area contributed by atoms with Crippen molar-refractivity contribution >= 4 is 11.4 Å². The van der Waals surface area contributed by atoms with Gasteiger partial charge in [0.2, 0.25) is 0 Å². The summed E-state index contributed by atoms with van der Waals surface area (Å²) in [5.41, 5.74) is 8.14. The lowest BCUT2D eigenvalue weighted by Crippen LogP contribution is -2.41. The summed E-state index contributed by atoms with van der Waals surface area (Å²) in [7, 11) is 0. The third-order valence-electron chi connectivity index (χ3n) is 3.96. The summed E-state index contributed by atoms with van der Waals surface area (Å²) in [6, 6.07) is 2.11. The lowest BCUT2D eigenvalue weighted by atomic mass is 9.96. The molecular weight excluding hydrogens is 350 g/mol. The fourth-order valence-corrected chi connectivity index (χ4v) is 3.42. The molecule has 1 aliphatic rings. The second kappa shape index (κ2) is 7.37. The molecule has 1 N–H and O–H groups in total. The molecule has 1 unspecified atom stereocenters. The highest BCUT2D eigenvalue weighted by molar-refractivity contribution is 7.90. The molecular formula is C16H22F2N4O2S. The van der Waals surface area contributed by atoms with Crippen LogP contribution in [0.15, 0.2) is 17.2 Å². The molecule has 0 aromatic heterocycles. The normalized spacial score (nSPS) is 21.9. The van der Waals surface area contributed by atoms with Gasteiger partial charge in [-0.25, -0.2) is 8.78 Å². The molecule has 6 nitrogen and oxygen atoms in total. The van der Waals surface area contributed by atoms with Crippen LogP contribution in [0.3, 0.4) is 0 Å². The van der Waals surface area contributed by atoms with Crippen molar-refractivity contribution in [2.75, 3.05) is 13.2 Å². The molecule has 2 rings (SSSR count). The van der Waals surface area contributed by atoms with Crippen LogP contribution in [0.25, 0.3) is 10.4 Å². The van der Waals surface area contributed by atoms with Gasteiger partial charge >= 0.3 is 0 Å². The molecule has 0 saturated heterocycles. The van der Waals surface area contributed by atoms with Crippen molar-refractivity contribution in [2.45, 2.75) is 50.5 Å². The van der Waals surface area contributed by atoms with Crippen LogP contribution >= 0.6 is 0 Å². The van der Waals surface area contributed by atoms with Crippen molar-refractivity contribution in [3.63, 3.8) is 0 Å². The maximum Gasteiger partial charge on any atom is 0.147 e. The molecule has 1 aliphatic heterocycles. The number of hydrogen-bond acceptors (Lipinski definition) is 4. The Labute approximate surface area is 148 Å². The van der Waals surface area contributed by atoms with Crippen LogP contribution in [-0.4, -0.2) is 28.1 Å². The molecule has 0 fully saturated rings. The number of azide groups is 1. The number of nitrogens with one attached hydrogen (secondary N) is 1. The van der Waals surface area contributed by atoms with Gasteiger partial charge in [0.1, 0.15) is 28.6 Å². The largest absolute Gasteiger partial charge is 0.598 e. The molecule has 1 aromatic carbocycles. The molecule has 9 heteroatoms. The number of fused-ring (bicyclic) bond motifs is 1. The van der Waals surface area contributed by atoms with Crippen molar-refractivity contribution in [3.8, 4) is 5.75 Å². The van der Waals surface area contributed by atoms with Gasteiger partial charge in [-0.3, -0.25) is 0 Å². The maximum atomic E-state index is 14.0. The van der Waals surface area contributed by atoms with Gasteiger partial charge in [-0.1, -0.05) is 5.11 Å². The molecule has 1 aromatic rings. The molecule has 0 bridgehead atoms. The van der Waals surface area contributed by atoms with Gasteiger partial charge in [0.25, 0.3) is 0 Å². The van der Waals surface area contributed by atoms with Gasteiger partial charge in [-0.2, -0.15) is 0 Å². The minimum atomic E-state index is -1.37. The predicted octanol–water partition coefficient (Wildman–Crippen LogP) is 3.89. The van der Waals surface area contributed by atoms with Crippen molar-refractivity contribution in [1.29, 1.82) is 0 Å². The van der Waals surface area contributed by atoms with Gasteiger partial charge in [0.05, 0.1) is 12.6 Å². The highest BCUT2D eigenvalue weighted by Crippen LogP contribution is 2.41. The van der Waals surface area contributed by atoms with Crippen molar-refractivity contribution in [2.24, 2.45) is 5.11 Å². The minimum absolute atomic E-state index is 0.109. The Hall–Kier alpha value is -1.54. The van der Waals surface area contributed by atoms with E-state index < -0.39 is 40.2 Å². The first-order chi connectivity index (χ1) is 11.6. The first kappa shape index (κ1) is 19.8. The topological polar surface area (TPSA) is 93.1 Å². The fourth-order valence-electron chi connectivity index (χ4n) is 2.62. The molecule has 0 radical (unpaired) electrons. The summed E-state index contributed by atoms with van der Waals surface area (Å²) < 4.78 is 48.1. The zero-order valence-corrected chi connectivity index (χ0v) is 15.5. The zero-order valence-electron chi connectivity index (χ0n) is 14.7. The Bertz CT molecular complexity index is 691. The SMILES string of the molecule is C[C@@H](N[S+]([O-])C(C)(C)C)c1cc(F)cc2c1O[C@@](CF)(CN=[N+]=[N-])C2. The Morgan fingerprint density at radius 1 is 1.52 bits per heavy atom. The van der Waals surface area contributed by atoms with E-state index in [0.29, 0.717) is 16.9 Å². The fraction of sp³-hybridized carbons (Fsp3) is 0.625. The second-order valence-electron chi connectivity index (χ2n) is 7.19. The molecule has 3 atom stereocenters. The van der Waals surface area contributed by atoms with E-state index in [4.69, 9.17) is 10.3 Å². The third kappa shape index (κ3) is 4.36. The average molecular weight is 372 g/mol. The minimum Gasteiger partial charge on any atom is -0.598 e. The van der Waals surface area contributed by atoms with Crippen LogP contribution in [0.2, 0.25) is 0 Å². The Kier molecular flexibility index (Phi) is 5.83.